The quantitative estimate of drug-likeness (QED) is 0.600. The molecule has 10 heteroatoms. The van der Waals surface area contributed by atoms with Gasteiger partial charge < -0.3 is 5.11 Å². The number of aromatic carboxylic acids is 1. The normalized spacial score (nSPS) is 11.3. The van der Waals surface area contributed by atoms with E-state index in [1.165, 1.54) is 14.1 Å². The van der Waals surface area contributed by atoms with Crippen LogP contribution in [0.3, 0.4) is 0 Å². The Labute approximate surface area is 108 Å². The van der Waals surface area contributed by atoms with Crippen LogP contribution >= 0.6 is 0 Å². The summed E-state index contributed by atoms with van der Waals surface area (Å²) in [5.41, 5.74) is -1.24. The fourth-order valence-corrected chi connectivity index (χ4v) is 1.77. The first kappa shape index (κ1) is 14.9. The fourth-order valence-electron chi connectivity index (χ4n) is 1.13. The molecule has 0 unspecified atom stereocenters. The molecule has 0 fully saturated rings. The van der Waals surface area contributed by atoms with Crippen molar-refractivity contribution in [1.29, 1.82) is 0 Å². The van der Waals surface area contributed by atoms with E-state index in [4.69, 9.17) is 5.11 Å². The van der Waals surface area contributed by atoms with Crippen LogP contribution < -0.4 is 4.72 Å². The monoisotopic (exact) mass is 289 g/mol. The number of rotatable bonds is 5. The molecule has 0 atom stereocenters. The highest BCUT2D eigenvalue weighted by Gasteiger charge is 2.22. The number of hydrogen-bond donors (Lipinski definition) is 2. The second-order valence-corrected chi connectivity index (χ2v) is 5.57. The molecule has 104 valence electrons. The van der Waals surface area contributed by atoms with E-state index in [1.807, 2.05) is 4.72 Å². The van der Waals surface area contributed by atoms with Crippen LogP contribution in [-0.2, 0) is 10.2 Å². The number of nitrogens with zero attached hydrogens (tertiary/aromatic N) is 2. The Balaban J connectivity index is 3.29. The highest BCUT2D eigenvalue weighted by molar-refractivity contribution is 7.90. The van der Waals surface area contributed by atoms with Crippen LogP contribution in [0.15, 0.2) is 18.2 Å². The SMILES string of the molecule is CN(C)S(=O)(=O)Nc1ccc(C(=O)O)cc1[N+](=O)[O-]. The van der Waals surface area contributed by atoms with Crippen LogP contribution in [0.1, 0.15) is 10.4 Å². The summed E-state index contributed by atoms with van der Waals surface area (Å²) < 4.78 is 26.0. The molecule has 0 aromatic heterocycles. The van der Waals surface area contributed by atoms with Crippen LogP contribution in [0.5, 0.6) is 0 Å². The third-order valence-corrected chi connectivity index (χ3v) is 3.60. The van der Waals surface area contributed by atoms with Gasteiger partial charge in [-0.2, -0.15) is 12.7 Å². The predicted molar refractivity (Wildman–Crippen MR) is 66.3 cm³/mol. The highest BCUT2D eigenvalue weighted by Crippen LogP contribution is 2.26. The van der Waals surface area contributed by atoms with E-state index in [0.717, 1.165) is 22.5 Å². The van der Waals surface area contributed by atoms with E-state index in [1.54, 1.807) is 0 Å². The summed E-state index contributed by atoms with van der Waals surface area (Å²) in [6.45, 7) is 0. The van der Waals surface area contributed by atoms with Gasteiger partial charge in [-0.3, -0.25) is 14.8 Å². The lowest BCUT2D eigenvalue weighted by atomic mass is 10.2. The molecule has 0 saturated heterocycles. The largest absolute Gasteiger partial charge is 0.478 e. The van der Waals surface area contributed by atoms with Crippen molar-refractivity contribution < 1.29 is 23.2 Å². The van der Waals surface area contributed by atoms with Gasteiger partial charge in [0, 0.05) is 20.2 Å². The summed E-state index contributed by atoms with van der Waals surface area (Å²) in [4.78, 5) is 20.7. The molecule has 0 saturated carbocycles. The molecule has 0 aliphatic heterocycles. The van der Waals surface area contributed by atoms with Gasteiger partial charge in [-0.1, -0.05) is 0 Å². The molecule has 0 bridgehead atoms. The molecule has 0 amide bonds. The number of carboxylic acids is 1. The summed E-state index contributed by atoms with van der Waals surface area (Å²) >= 11 is 0. The summed E-state index contributed by atoms with van der Waals surface area (Å²) in [5.74, 6) is -1.34. The number of nitro groups is 1. The minimum atomic E-state index is -3.91. The van der Waals surface area contributed by atoms with E-state index in [0.29, 0.717) is 0 Å². The molecule has 9 nitrogen and oxygen atoms in total. The van der Waals surface area contributed by atoms with Gasteiger partial charge in [-0.05, 0) is 12.1 Å². The second-order valence-electron chi connectivity index (χ2n) is 3.68. The number of anilines is 1. The smallest absolute Gasteiger partial charge is 0.335 e. The molecular weight excluding hydrogens is 278 g/mol. The van der Waals surface area contributed by atoms with Gasteiger partial charge in [0.25, 0.3) is 5.69 Å². The third kappa shape index (κ3) is 3.39. The molecule has 0 spiro atoms. The van der Waals surface area contributed by atoms with Gasteiger partial charge in [-0.25, -0.2) is 4.79 Å². The van der Waals surface area contributed by atoms with E-state index < -0.39 is 26.8 Å². The number of hydrogen-bond acceptors (Lipinski definition) is 5. The number of benzene rings is 1. The van der Waals surface area contributed by atoms with Crippen molar-refractivity contribution >= 4 is 27.6 Å². The van der Waals surface area contributed by atoms with Gasteiger partial charge >= 0.3 is 16.2 Å². The predicted octanol–water partition coefficient (Wildman–Crippen LogP) is 0.511. The van der Waals surface area contributed by atoms with Crippen molar-refractivity contribution in [1.82, 2.24) is 4.31 Å². The highest BCUT2D eigenvalue weighted by atomic mass is 32.2. The average Bonchev–Trinajstić information content (AvgIpc) is 2.28. The minimum Gasteiger partial charge on any atom is -0.478 e. The Morgan fingerprint density at radius 3 is 2.42 bits per heavy atom. The first-order valence-corrected chi connectivity index (χ1v) is 6.31. The van der Waals surface area contributed by atoms with Crippen LogP contribution in [-0.4, -0.2) is 42.8 Å². The van der Waals surface area contributed by atoms with E-state index in [2.05, 4.69) is 0 Å². The third-order valence-electron chi connectivity index (χ3n) is 2.16. The standard InChI is InChI=1S/C9H11N3O6S/c1-11(2)19(17,18)10-7-4-3-6(9(13)14)5-8(7)12(15)16/h3-5,10H,1-2H3,(H,13,14). The minimum absolute atomic E-state index is 0.302. The topological polar surface area (TPSA) is 130 Å². The average molecular weight is 289 g/mol. The van der Waals surface area contributed by atoms with Crippen LogP contribution in [0.25, 0.3) is 0 Å². The molecule has 2 N–H and O–H groups in total. The number of nitrogens with one attached hydrogen (secondary N) is 1. The molecule has 0 aliphatic rings. The lowest BCUT2D eigenvalue weighted by molar-refractivity contribution is -0.383. The zero-order valence-electron chi connectivity index (χ0n) is 10.0. The Morgan fingerprint density at radius 2 is 2.00 bits per heavy atom. The number of carboxylic acid groups (broad SMARTS) is 1. The van der Waals surface area contributed by atoms with Crippen LogP contribution in [0, 0.1) is 10.1 Å². The van der Waals surface area contributed by atoms with Crippen LogP contribution in [0.4, 0.5) is 11.4 Å². The van der Waals surface area contributed by atoms with E-state index in [-0.39, 0.29) is 11.3 Å². The van der Waals surface area contributed by atoms with Gasteiger partial charge in [0.05, 0.1) is 10.5 Å². The molecule has 0 radical (unpaired) electrons. The second kappa shape index (κ2) is 5.20. The number of nitro benzene ring substituents is 1. The summed E-state index contributed by atoms with van der Waals surface area (Å²) in [5, 5.41) is 19.5. The Kier molecular flexibility index (Phi) is 4.07. The van der Waals surface area contributed by atoms with Gasteiger partial charge in [0.2, 0.25) is 0 Å². The first-order valence-electron chi connectivity index (χ1n) is 4.87. The fraction of sp³-hybridized carbons (Fsp3) is 0.222. The molecule has 19 heavy (non-hydrogen) atoms. The maximum absolute atomic E-state index is 11.6. The van der Waals surface area contributed by atoms with E-state index in [9.17, 15) is 23.3 Å². The molecular formula is C9H11N3O6S. The van der Waals surface area contributed by atoms with Crippen molar-refractivity contribution in [3.8, 4) is 0 Å². The summed E-state index contributed by atoms with van der Waals surface area (Å²) in [7, 11) is -1.41. The maximum Gasteiger partial charge on any atom is 0.335 e. The summed E-state index contributed by atoms with van der Waals surface area (Å²) in [6, 6.07) is 2.89. The van der Waals surface area contributed by atoms with Crippen molar-refractivity contribution in [2.75, 3.05) is 18.8 Å². The lowest BCUT2D eigenvalue weighted by Crippen LogP contribution is -2.29. The van der Waals surface area contributed by atoms with Crippen molar-refractivity contribution in [2.24, 2.45) is 0 Å². The molecule has 1 aromatic rings. The number of carbonyl (C=O) groups is 1. The maximum atomic E-state index is 11.6. The Morgan fingerprint density at radius 1 is 1.42 bits per heavy atom. The van der Waals surface area contributed by atoms with Crippen molar-refractivity contribution in [2.45, 2.75) is 0 Å². The summed E-state index contributed by atoms with van der Waals surface area (Å²) in [6.07, 6.45) is 0. The molecule has 0 aliphatic carbocycles. The van der Waals surface area contributed by atoms with Crippen molar-refractivity contribution in [3.05, 3.63) is 33.9 Å². The Hall–Kier alpha value is -2.20. The van der Waals surface area contributed by atoms with Gasteiger partial charge in [0.15, 0.2) is 0 Å². The van der Waals surface area contributed by atoms with Gasteiger partial charge in [-0.15, -0.1) is 0 Å². The molecule has 1 rings (SSSR count). The van der Waals surface area contributed by atoms with Gasteiger partial charge in [0.1, 0.15) is 5.69 Å². The zero-order valence-corrected chi connectivity index (χ0v) is 10.8. The lowest BCUT2D eigenvalue weighted by Gasteiger charge is -2.13. The van der Waals surface area contributed by atoms with E-state index >= 15 is 0 Å². The first-order chi connectivity index (χ1) is 8.65. The Bertz CT molecular complexity index is 625. The zero-order chi connectivity index (χ0) is 14.8. The molecule has 0 heterocycles. The van der Waals surface area contributed by atoms with Crippen molar-refractivity contribution in [3.63, 3.8) is 0 Å². The molecule has 1 aromatic carbocycles. The van der Waals surface area contributed by atoms with Crippen LogP contribution in [0.2, 0.25) is 0 Å².